The average Bonchev–Trinajstić information content (AvgIpc) is 3.33. The van der Waals surface area contributed by atoms with Crippen LogP contribution in [0.25, 0.3) is 33.4 Å². The lowest BCUT2D eigenvalue weighted by molar-refractivity contribution is -0.194. The molecule has 0 aliphatic heterocycles. The summed E-state index contributed by atoms with van der Waals surface area (Å²) >= 11 is 0. The molecular formula is C33H30F6N2O5. The van der Waals surface area contributed by atoms with Gasteiger partial charge in [0.05, 0.1) is 24.3 Å². The maximum atomic E-state index is 13.6. The van der Waals surface area contributed by atoms with Gasteiger partial charge in [0.2, 0.25) is 0 Å². The van der Waals surface area contributed by atoms with Gasteiger partial charge in [-0.15, -0.1) is 0 Å². The summed E-state index contributed by atoms with van der Waals surface area (Å²) in [5.74, 6) is -1.79. The third-order valence-electron chi connectivity index (χ3n) is 8.09. The Balaban J connectivity index is 1.63. The van der Waals surface area contributed by atoms with Crippen molar-refractivity contribution in [3.63, 3.8) is 0 Å². The molecule has 5 rings (SSSR count). The molecule has 0 unspecified atom stereocenters. The van der Waals surface area contributed by atoms with Gasteiger partial charge in [0.25, 0.3) is 11.8 Å². The molecule has 3 N–H and O–H groups in total. The first-order chi connectivity index (χ1) is 21.6. The first kappa shape index (κ1) is 32.9. The van der Waals surface area contributed by atoms with Gasteiger partial charge in [-0.2, -0.15) is 22.0 Å². The molecule has 1 aromatic heterocycles. The Morgan fingerprint density at radius 1 is 1.09 bits per heavy atom. The van der Waals surface area contributed by atoms with Gasteiger partial charge >= 0.3 is 12.8 Å². The van der Waals surface area contributed by atoms with Crippen LogP contribution in [0.1, 0.15) is 58.0 Å². The number of furan rings is 1. The minimum Gasteiger partial charge on any atom is -0.496 e. The predicted molar refractivity (Wildman–Crippen MR) is 157 cm³/mol. The number of carbonyl (C=O) groups excluding carboxylic acids is 2. The van der Waals surface area contributed by atoms with Crippen molar-refractivity contribution >= 4 is 22.8 Å². The summed E-state index contributed by atoms with van der Waals surface area (Å²) in [7, 11) is 1.35. The molecule has 1 heterocycles. The van der Waals surface area contributed by atoms with E-state index in [4.69, 9.17) is 14.9 Å². The van der Waals surface area contributed by atoms with Gasteiger partial charge in [-0.3, -0.25) is 9.59 Å². The van der Waals surface area contributed by atoms with E-state index in [0.29, 0.717) is 22.3 Å². The van der Waals surface area contributed by atoms with Crippen molar-refractivity contribution in [1.29, 1.82) is 0 Å². The molecule has 1 aliphatic rings. The summed E-state index contributed by atoms with van der Waals surface area (Å²) in [6, 6.07) is 11.0. The molecule has 1 saturated carbocycles. The number of fused-ring (bicyclic) bond motifs is 1. The van der Waals surface area contributed by atoms with Crippen LogP contribution >= 0.6 is 0 Å². The smallest absolute Gasteiger partial charge is 0.389 e. The fourth-order valence-electron chi connectivity index (χ4n) is 5.92. The zero-order valence-corrected chi connectivity index (χ0v) is 25.0. The van der Waals surface area contributed by atoms with Gasteiger partial charge < -0.3 is 24.9 Å². The number of nitrogens with one attached hydrogen (secondary N) is 1. The quantitative estimate of drug-likeness (QED) is 0.172. The average molecular weight is 649 g/mol. The third-order valence-corrected chi connectivity index (χ3v) is 8.09. The van der Waals surface area contributed by atoms with Crippen LogP contribution in [0.5, 0.6) is 5.75 Å². The molecule has 0 radical (unpaired) electrons. The Hall–Kier alpha value is -4.52. The summed E-state index contributed by atoms with van der Waals surface area (Å²) < 4.78 is 95.0. The van der Waals surface area contributed by atoms with Gasteiger partial charge in [0.15, 0.2) is 0 Å². The number of amides is 2. The number of benzene rings is 3. The van der Waals surface area contributed by atoms with Crippen molar-refractivity contribution in [2.45, 2.75) is 64.0 Å². The number of halogens is 6. The number of ether oxygens (including phenoxy) is 2. The van der Waals surface area contributed by atoms with Gasteiger partial charge in [-0.25, -0.2) is 4.39 Å². The van der Waals surface area contributed by atoms with E-state index in [2.05, 4.69) is 10.1 Å². The highest BCUT2D eigenvalue weighted by molar-refractivity contribution is 6.11. The van der Waals surface area contributed by atoms with E-state index >= 15 is 0 Å². The highest BCUT2D eigenvalue weighted by Crippen LogP contribution is 2.41. The molecule has 4 aromatic rings. The maximum absolute atomic E-state index is 13.6. The molecule has 13 heteroatoms. The first-order valence-corrected chi connectivity index (χ1v) is 14.2. The van der Waals surface area contributed by atoms with Crippen LogP contribution in [-0.2, 0) is 11.2 Å². The standard InChI is InChI=1S/C33H30F6N2O5/c1-16-10-25(44-3)24(30(43)41-32(2)14-20(15-32)45-31(35)36)12-21(16)22-13-23-26(11-18(22)8-9-33(37,38)39)46-28(27(23)29(40)42)17-4-6-19(34)7-5-17/h4-7,10-13,20,31H,8-9,14-15H2,1-3H3,(H2,40,42)(H,41,43). The van der Waals surface area contributed by atoms with Crippen LogP contribution in [-0.4, -0.2) is 43.4 Å². The maximum Gasteiger partial charge on any atom is 0.389 e. The van der Waals surface area contributed by atoms with Crippen molar-refractivity contribution in [2.24, 2.45) is 5.73 Å². The molecule has 0 spiro atoms. The number of alkyl halides is 5. The molecule has 0 bridgehead atoms. The first-order valence-electron chi connectivity index (χ1n) is 14.2. The van der Waals surface area contributed by atoms with Crippen LogP contribution in [0, 0.1) is 12.7 Å². The molecule has 1 aliphatic carbocycles. The minimum atomic E-state index is -4.49. The minimum absolute atomic E-state index is 0.0239. The number of hydrogen-bond donors (Lipinski definition) is 2. The van der Waals surface area contributed by atoms with Crippen molar-refractivity contribution in [2.75, 3.05) is 7.11 Å². The van der Waals surface area contributed by atoms with E-state index in [1.54, 1.807) is 19.9 Å². The van der Waals surface area contributed by atoms with Crippen molar-refractivity contribution < 1.29 is 49.8 Å². The Labute approximate surface area is 259 Å². The van der Waals surface area contributed by atoms with E-state index in [-0.39, 0.29) is 52.0 Å². The third kappa shape index (κ3) is 6.84. The number of methoxy groups -OCH3 is 1. The zero-order chi connectivity index (χ0) is 33.6. The highest BCUT2D eigenvalue weighted by atomic mass is 19.4. The van der Waals surface area contributed by atoms with E-state index in [1.165, 1.54) is 37.4 Å². The molecule has 3 aromatic carbocycles. The summed E-state index contributed by atoms with van der Waals surface area (Å²) in [6.45, 7) is 0.431. The van der Waals surface area contributed by atoms with Crippen LogP contribution in [0.15, 0.2) is 52.9 Å². The van der Waals surface area contributed by atoms with Crippen molar-refractivity contribution in [3.05, 3.63) is 76.6 Å². The second-order valence-corrected chi connectivity index (χ2v) is 11.6. The lowest BCUT2D eigenvalue weighted by atomic mass is 9.75. The molecule has 46 heavy (non-hydrogen) atoms. The Morgan fingerprint density at radius 3 is 2.35 bits per heavy atom. The highest BCUT2D eigenvalue weighted by Gasteiger charge is 2.43. The van der Waals surface area contributed by atoms with Crippen LogP contribution in [0.4, 0.5) is 26.3 Å². The van der Waals surface area contributed by atoms with Crippen molar-refractivity contribution in [1.82, 2.24) is 5.32 Å². The normalized spacial score (nSPS) is 18.1. The number of nitrogens with two attached hydrogens (primary N) is 1. The molecule has 0 atom stereocenters. The molecule has 1 fully saturated rings. The van der Waals surface area contributed by atoms with Crippen molar-refractivity contribution in [3.8, 4) is 28.2 Å². The van der Waals surface area contributed by atoms with Crippen LogP contribution in [0.2, 0.25) is 0 Å². The lowest BCUT2D eigenvalue weighted by Gasteiger charge is -2.45. The number of hydrogen-bond acceptors (Lipinski definition) is 5. The van der Waals surface area contributed by atoms with Gasteiger partial charge in [0.1, 0.15) is 22.9 Å². The van der Waals surface area contributed by atoms with Crippen LogP contribution < -0.4 is 15.8 Å². The zero-order valence-electron chi connectivity index (χ0n) is 25.0. The summed E-state index contributed by atoms with van der Waals surface area (Å²) in [5, 5.41) is 3.04. The Bertz CT molecular complexity index is 1790. The number of primary amides is 1. The second kappa shape index (κ2) is 12.3. The van der Waals surface area contributed by atoms with E-state index < -0.39 is 54.9 Å². The monoisotopic (exact) mass is 648 g/mol. The molecule has 0 saturated heterocycles. The lowest BCUT2D eigenvalue weighted by Crippen LogP contribution is -2.58. The molecule has 7 nitrogen and oxygen atoms in total. The van der Waals surface area contributed by atoms with Gasteiger partial charge in [-0.05, 0) is 104 Å². The summed E-state index contributed by atoms with van der Waals surface area (Å²) in [6.07, 6.45) is -6.54. The Kier molecular flexibility index (Phi) is 8.82. The topological polar surface area (TPSA) is 104 Å². The number of aryl methyl sites for hydroxylation is 2. The largest absolute Gasteiger partial charge is 0.496 e. The summed E-state index contributed by atoms with van der Waals surface area (Å²) in [5.41, 5.74) is 6.76. The molecule has 244 valence electrons. The second-order valence-electron chi connectivity index (χ2n) is 11.6. The number of carbonyl (C=O) groups is 2. The fraction of sp³-hybridized carbons (Fsp3) is 0.333. The molecular weight excluding hydrogens is 618 g/mol. The number of rotatable bonds is 10. The molecule has 2 amide bonds. The predicted octanol–water partition coefficient (Wildman–Crippen LogP) is 7.71. The van der Waals surface area contributed by atoms with Gasteiger partial charge in [0, 0.05) is 22.9 Å². The van der Waals surface area contributed by atoms with Gasteiger partial charge in [-0.1, -0.05) is 0 Å². The fourth-order valence-corrected chi connectivity index (χ4v) is 5.92. The summed E-state index contributed by atoms with van der Waals surface area (Å²) in [4.78, 5) is 26.2. The van der Waals surface area contributed by atoms with E-state index in [9.17, 15) is 35.9 Å². The Morgan fingerprint density at radius 2 is 1.76 bits per heavy atom. The van der Waals surface area contributed by atoms with E-state index in [0.717, 1.165) is 12.1 Å². The van der Waals surface area contributed by atoms with E-state index in [1.807, 2.05) is 0 Å². The van der Waals surface area contributed by atoms with Crippen LogP contribution in [0.3, 0.4) is 0 Å². The SMILES string of the molecule is COc1cc(C)c(-c2cc3c(C(N)=O)c(-c4ccc(F)cc4)oc3cc2CCC(F)(F)F)cc1C(=O)NC1(C)CC(OC(F)F)C1.